The van der Waals surface area contributed by atoms with Gasteiger partial charge in [0, 0.05) is 29.7 Å². The lowest BCUT2D eigenvalue weighted by molar-refractivity contribution is 0.102. The molecule has 22 heavy (non-hydrogen) atoms. The van der Waals surface area contributed by atoms with Gasteiger partial charge in [0.05, 0.1) is 5.02 Å². The van der Waals surface area contributed by atoms with E-state index in [-0.39, 0.29) is 5.91 Å². The number of hydrogen-bond acceptors (Lipinski definition) is 3. The molecular formula is C17H17ClN2O2. The Labute approximate surface area is 134 Å². The molecule has 0 aliphatic heterocycles. The van der Waals surface area contributed by atoms with Crippen LogP contribution in [0.4, 0.5) is 5.69 Å². The second-order valence-corrected chi connectivity index (χ2v) is 5.33. The molecule has 2 rings (SSSR count). The van der Waals surface area contributed by atoms with Crippen molar-refractivity contribution in [2.75, 3.05) is 11.9 Å². The molecule has 0 spiro atoms. The first-order chi connectivity index (χ1) is 10.6. The standard InChI is InChI=1S/C17H17ClN2O2/c1-12(2)7-10-22-16-11-14(3-4-15(16)18)20-17(21)13-5-8-19-9-6-13/h3-9,11H,10H2,1-2H3,(H,20,21). The molecular weight excluding hydrogens is 300 g/mol. The van der Waals surface area contributed by atoms with Gasteiger partial charge < -0.3 is 10.1 Å². The molecule has 0 radical (unpaired) electrons. The number of pyridine rings is 1. The van der Waals surface area contributed by atoms with Crippen LogP contribution in [0.15, 0.2) is 54.4 Å². The molecule has 0 saturated heterocycles. The Bertz CT molecular complexity index is 680. The highest BCUT2D eigenvalue weighted by molar-refractivity contribution is 6.32. The summed E-state index contributed by atoms with van der Waals surface area (Å²) in [6.07, 6.45) is 5.11. The molecule has 0 atom stereocenters. The Morgan fingerprint density at radius 3 is 2.68 bits per heavy atom. The van der Waals surface area contributed by atoms with Crippen LogP contribution in [-0.4, -0.2) is 17.5 Å². The molecule has 4 nitrogen and oxygen atoms in total. The SMILES string of the molecule is CC(C)=CCOc1cc(NC(=O)c2ccncc2)ccc1Cl. The summed E-state index contributed by atoms with van der Waals surface area (Å²) in [5.74, 6) is 0.326. The molecule has 2 aromatic rings. The van der Waals surface area contributed by atoms with E-state index in [2.05, 4.69) is 10.3 Å². The van der Waals surface area contributed by atoms with Crippen LogP contribution in [0.25, 0.3) is 0 Å². The lowest BCUT2D eigenvalue weighted by Crippen LogP contribution is -2.11. The fourth-order valence-electron chi connectivity index (χ4n) is 1.70. The summed E-state index contributed by atoms with van der Waals surface area (Å²) >= 11 is 6.10. The molecule has 1 heterocycles. The fourth-order valence-corrected chi connectivity index (χ4v) is 1.87. The van der Waals surface area contributed by atoms with Gasteiger partial charge in [0.25, 0.3) is 5.91 Å². The summed E-state index contributed by atoms with van der Waals surface area (Å²) in [7, 11) is 0. The first-order valence-corrected chi connectivity index (χ1v) is 7.21. The van der Waals surface area contributed by atoms with Crippen molar-refractivity contribution in [3.05, 3.63) is 65.0 Å². The Morgan fingerprint density at radius 1 is 1.27 bits per heavy atom. The molecule has 0 bridgehead atoms. The molecule has 1 amide bonds. The third-order valence-electron chi connectivity index (χ3n) is 2.86. The molecule has 5 heteroatoms. The third-order valence-corrected chi connectivity index (χ3v) is 3.17. The number of rotatable bonds is 5. The highest BCUT2D eigenvalue weighted by Gasteiger charge is 2.08. The zero-order valence-electron chi connectivity index (χ0n) is 12.5. The Balaban J connectivity index is 2.09. The van der Waals surface area contributed by atoms with Crippen molar-refractivity contribution in [2.24, 2.45) is 0 Å². The molecule has 0 unspecified atom stereocenters. The van der Waals surface area contributed by atoms with Gasteiger partial charge in [0.2, 0.25) is 0 Å². The lowest BCUT2D eigenvalue weighted by Gasteiger charge is -2.10. The van der Waals surface area contributed by atoms with E-state index in [1.807, 2.05) is 19.9 Å². The van der Waals surface area contributed by atoms with Crippen molar-refractivity contribution >= 4 is 23.2 Å². The fraction of sp³-hybridized carbons (Fsp3) is 0.176. The number of amides is 1. The summed E-state index contributed by atoms with van der Waals surface area (Å²) in [4.78, 5) is 16.0. The number of carbonyl (C=O) groups excluding carboxylic acids is 1. The van der Waals surface area contributed by atoms with E-state index in [4.69, 9.17) is 16.3 Å². The zero-order chi connectivity index (χ0) is 15.9. The number of anilines is 1. The molecule has 0 saturated carbocycles. The van der Waals surface area contributed by atoms with Crippen LogP contribution in [0.1, 0.15) is 24.2 Å². The summed E-state index contributed by atoms with van der Waals surface area (Å²) in [5, 5.41) is 3.31. The Hall–Kier alpha value is -2.33. The van der Waals surface area contributed by atoms with Crippen LogP contribution in [-0.2, 0) is 0 Å². The number of nitrogens with zero attached hydrogens (tertiary/aromatic N) is 1. The van der Waals surface area contributed by atoms with Crippen LogP contribution in [0.5, 0.6) is 5.75 Å². The van der Waals surface area contributed by atoms with Gasteiger partial charge in [-0.05, 0) is 44.2 Å². The highest BCUT2D eigenvalue weighted by atomic mass is 35.5. The van der Waals surface area contributed by atoms with E-state index in [1.54, 1.807) is 42.7 Å². The number of aromatic nitrogens is 1. The Kier molecular flexibility index (Phi) is 5.55. The maximum atomic E-state index is 12.1. The number of nitrogens with one attached hydrogen (secondary N) is 1. The number of allylic oxidation sites excluding steroid dienone is 1. The van der Waals surface area contributed by atoms with Gasteiger partial charge >= 0.3 is 0 Å². The van der Waals surface area contributed by atoms with Crippen LogP contribution in [0.2, 0.25) is 5.02 Å². The van der Waals surface area contributed by atoms with Crippen molar-refractivity contribution in [1.82, 2.24) is 4.98 Å². The molecule has 114 valence electrons. The van der Waals surface area contributed by atoms with Gasteiger partial charge in [-0.1, -0.05) is 17.2 Å². The minimum absolute atomic E-state index is 0.208. The summed E-state index contributed by atoms with van der Waals surface area (Å²) < 4.78 is 5.61. The number of benzene rings is 1. The lowest BCUT2D eigenvalue weighted by atomic mass is 10.2. The van der Waals surface area contributed by atoms with Gasteiger partial charge in [-0.15, -0.1) is 0 Å². The van der Waals surface area contributed by atoms with E-state index in [9.17, 15) is 4.79 Å². The van der Waals surface area contributed by atoms with Gasteiger partial charge in [0.1, 0.15) is 12.4 Å². The van der Waals surface area contributed by atoms with E-state index in [0.29, 0.717) is 28.6 Å². The van der Waals surface area contributed by atoms with Crippen LogP contribution >= 0.6 is 11.6 Å². The van der Waals surface area contributed by atoms with Gasteiger partial charge in [-0.25, -0.2) is 0 Å². The number of ether oxygens (including phenoxy) is 1. The predicted molar refractivity (Wildman–Crippen MR) is 88.6 cm³/mol. The normalized spacial score (nSPS) is 9.95. The number of hydrogen-bond donors (Lipinski definition) is 1. The van der Waals surface area contributed by atoms with Gasteiger partial charge in [0.15, 0.2) is 0 Å². The third kappa shape index (κ3) is 4.60. The van der Waals surface area contributed by atoms with E-state index in [1.165, 1.54) is 5.57 Å². The van der Waals surface area contributed by atoms with Crippen molar-refractivity contribution in [2.45, 2.75) is 13.8 Å². The Morgan fingerprint density at radius 2 is 2.00 bits per heavy atom. The second kappa shape index (κ2) is 7.61. The second-order valence-electron chi connectivity index (χ2n) is 4.93. The molecule has 0 aliphatic rings. The molecule has 1 N–H and O–H groups in total. The van der Waals surface area contributed by atoms with E-state index in [0.717, 1.165) is 0 Å². The zero-order valence-corrected chi connectivity index (χ0v) is 13.2. The minimum atomic E-state index is -0.208. The first-order valence-electron chi connectivity index (χ1n) is 6.83. The highest BCUT2D eigenvalue weighted by Crippen LogP contribution is 2.28. The summed E-state index contributed by atoms with van der Waals surface area (Å²) in [5.41, 5.74) is 2.33. The average molecular weight is 317 g/mol. The van der Waals surface area contributed by atoms with Crippen molar-refractivity contribution in [1.29, 1.82) is 0 Å². The van der Waals surface area contributed by atoms with Gasteiger partial charge in [-0.3, -0.25) is 9.78 Å². The topological polar surface area (TPSA) is 51.2 Å². The first kappa shape index (κ1) is 16.0. The monoisotopic (exact) mass is 316 g/mol. The summed E-state index contributed by atoms with van der Waals surface area (Å²) in [6.45, 7) is 4.43. The van der Waals surface area contributed by atoms with Gasteiger partial charge in [-0.2, -0.15) is 0 Å². The van der Waals surface area contributed by atoms with Crippen molar-refractivity contribution < 1.29 is 9.53 Å². The smallest absolute Gasteiger partial charge is 0.255 e. The van der Waals surface area contributed by atoms with Crippen LogP contribution < -0.4 is 10.1 Å². The maximum absolute atomic E-state index is 12.1. The molecule has 0 aliphatic carbocycles. The minimum Gasteiger partial charge on any atom is -0.488 e. The largest absolute Gasteiger partial charge is 0.488 e. The molecule has 1 aromatic carbocycles. The maximum Gasteiger partial charge on any atom is 0.255 e. The average Bonchev–Trinajstić information content (AvgIpc) is 2.51. The van der Waals surface area contributed by atoms with E-state index < -0.39 is 0 Å². The van der Waals surface area contributed by atoms with Crippen molar-refractivity contribution in [3.63, 3.8) is 0 Å². The van der Waals surface area contributed by atoms with Crippen LogP contribution in [0.3, 0.4) is 0 Å². The molecule has 0 fully saturated rings. The van der Waals surface area contributed by atoms with Crippen LogP contribution in [0, 0.1) is 0 Å². The predicted octanol–water partition coefficient (Wildman–Crippen LogP) is 4.33. The molecule has 1 aromatic heterocycles. The number of carbonyl (C=O) groups is 1. The van der Waals surface area contributed by atoms with Crippen molar-refractivity contribution in [3.8, 4) is 5.75 Å². The van der Waals surface area contributed by atoms with E-state index >= 15 is 0 Å². The summed E-state index contributed by atoms with van der Waals surface area (Å²) in [6, 6.07) is 8.44. The quantitative estimate of drug-likeness (QED) is 0.835. The number of halogens is 1.